The van der Waals surface area contributed by atoms with Gasteiger partial charge in [0, 0.05) is 24.4 Å². The molecule has 0 unspecified atom stereocenters. The fourth-order valence-electron chi connectivity index (χ4n) is 3.77. The summed E-state index contributed by atoms with van der Waals surface area (Å²) in [5.74, 6) is -1.92. The predicted molar refractivity (Wildman–Crippen MR) is 86.0 cm³/mol. The molecule has 2 aliphatic rings. The summed E-state index contributed by atoms with van der Waals surface area (Å²) in [5.41, 5.74) is -0.322. The lowest BCUT2D eigenvalue weighted by Gasteiger charge is -2.37. The van der Waals surface area contributed by atoms with Crippen LogP contribution in [0.2, 0.25) is 0 Å². The van der Waals surface area contributed by atoms with Crippen LogP contribution < -0.4 is 15.4 Å². The van der Waals surface area contributed by atoms with E-state index in [2.05, 4.69) is 15.4 Å². The lowest BCUT2D eigenvalue weighted by Crippen LogP contribution is -2.44. The van der Waals surface area contributed by atoms with E-state index >= 15 is 0 Å². The minimum absolute atomic E-state index is 0. The van der Waals surface area contributed by atoms with E-state index in [1.807, 2.05) is 0 Å². The van der Waals surface area contributed by atoms with Gasteiger partial charge in [-0.3, -0.25) is 4.79 Å². The van der Waals surface area contributed by atoms with Crippen LogP contribution in [0.3, 0.4) is 0 Å². The molecule has 2 atom stereocenters. The molecule has 0 radical (unpaired) electrons. The number of nitrogens with one attached hydrogen (secondary N) is 2. The van der Waals surface area contributed by atoms with Crippen LogP contribution in [0.1, 0.15) is 25.7 Å². The molecule has 3 rings (SSSR count). The van der Waals surface area contributed by atoms with E-state index in [-0.39, 0.29) is 24.0 Å². The zero-order valence-corrected chi connectivity index (χ0v) is 13.8. The quantitative estimate of drug-likeness (QED) is 0.884. The second-order valence-electron chi connectivity index (χ2n) is 6.16. The van der Waals surface area contributed by atoms with Crippen molar-refractivity contribution in [2.75, 3.05) is 25.5 Å². The Morgan fingerprint density at radius 2 is 2.04 bits per heavy atom. The summed E-state index contributed by atoms with van der Waals surface area (Å²) in [7, 11) is 1.20. The van der Waals surface area contributed by atoms with Crippen molar-refractivity contribution in [2.24, 2.45) is 11.3 Å². The average molecular weight is 347 g/mol. The van der Waals surface area contributed by atoms with E-state index in [9.17, 15) is 13.6 Å². The van der Waals surface area contributed by atoms with Crippen LogP contribution in [0, 0.1) is 23.0 Å². The van der Waals surface area contributed by atoms with Crippen molar-refractivity contribution in [2.45, 2.75) is 25.7 Å². The second-order valence-corrected chi connectivity index (χ2v) is 6.16. The molecule has 2 N–H and O–H groups in total. The maximum atomic E-state index is 13.7. The summed E-state index contributed by atoms with van der Waals surface area (Å²) in [6.07, 6.45) is 3.98. The fraction of sp³-hybridized carbons (Fsp3) is 0.562. The van der Waals surface area contributed by atoms with Crippen LogP contribution in [0.15, 0.2) is 12.1 Å². The molecule has 0 spiro atoms. The van der Waals surface area contributed by atoms with Crippen LogP contribution in [0.4, 0.5) is 14.5 Å². The molecule has 0 aromatic heterocycles. The van der Waals surface area contributed by atoms with Crippen LogP contribution in [-0.2, 0) is 4.79 Å². The number of anilines is 1. The van der Waals surface area contributed by atoms with Gasteiger partial charge >= 0.3 is 0 Å². The first-order valence-electron chi connectivity index (χ1n) is 7.62. The van der Waals surface area contributed by atoms with E-state index in [1.54, 1.807) is 0 Å². The molecule has 1 aromatic rings. The van der Waals surface area contributed by atoms with Crippen molar-refractivity contribution in [3.05, 3.63) is 23.8 Å². The first-order valence-corrected chi connectivity index (χ1v) is 7.62. The van der Waals surface area contributed by atoms with E-state index in [0.29, 0.717) is 12.5 Å². The normalized spacial score (nSPS) is 26.1. The number of rotatable bonds is 3. The van der Waals surface area contributed by atoms with Gasteiger partial charge in [0.2, 0.25) is 5.91 Å². The van der Waals surface area contributed by atoms with Gasteiger partial charge in [-0.05, 0) is 25.3 Å². The molecular weight excluding hydrogens is 326 g/mol. The Hall–Kier alpha value is -1.40. The third-order valence-corrected chi connectivity index (χ3v) is 4.95. The number of methoxy groups -OCH3 is 1. The van der Waals surface area contributed by atoms with Crippen LogP contribution in [-0.4, -0.2) is 26.1 Å². The minimum Gasteiger partial charge on any atom is -0.491 e. The number of carbonyl (C=O) groups is 1. The van der Waals surface area contributed by atoms with Crippen molar-refractivity contribution in [1.29, 1.82) is 0 Å². The van der Waals surface area contributed by atoms with Gasteiger partial charge in [-0.15, -0.1) is 12.4 Å². The largest absolute Gasteiger partial charge is 0.491 e. The molecule has 1 aliphatic heterocycles. The lowest BCUT2D eigenvalue weighted by molar-refractivity contribution is -0.128. The third kappa shape index (κ3) is 3.15. The van der Waals surface area contributed by atoms with E-state index in [0.717, 1.165) is 44.4 Å². The lowest BCUT2D eigenvalue weighted by atomic mass is 9.67. The number of amides is 1. The zero-order chi connectivity index (χ0) is 15.7. The summed E-state index contributed by atoms with van der Waals surface area (Å²) in [5, 5.41) is 5.98. The van der Waals surface area contributed by atoms with Crippen LogP contribution >= 0.6 is 12.4 Å². The topological polar surface area (TPSA) is 50.4 Å². The third-order valence-electron chi connectivity index (χ3n) is 4.95. The number of carbonyl (C=O) groups excluding carboxylic acids is 1. The first-order chi connectivity index (χ1) is 10.6. The molecule has 1 heterocycles. The number of halogens is 3. The van der Waals surface area contributed by atoms with Crippen molar-refractivity contribution in [3.63, 3.8) is 0 Å². The Balaban J connectivity index is 0.00000192. The first kappa shape index (κ1) is 17.9. The molecule has 0 bridgehead atoms. The van der Waals surface area contributed by atoms with Gasteiger partial charge in [0.25, 0.3) is 0 Å². The van der Waals surface area contributed by atoms with Crippen LogP contribution in [0.25, 0.3) is 0 Å². The SMILES string of the molecule is COc1c(F)cc(NC(=O)[C@@]23CCCC[C@H]2CNC3)cc1F.Cl. The summed E-state index contributed by atoms with van der Waals surface area (Å²) in [6.45, 7) is 1.46. The molecule has 4 nitrogen and oxygen atoms in total. The van der Waals surface area contributed by atoms with E-state index < -0.39 is 22.8 Å². The van der Waals surface area contributed by atoms with E-state index in [4.69, 9.17) is 0 Å². The Kier molecular flexibility index (Phi) is 5.47. The van der Waals surface area contributed by atoms with Gasteiger partial charge < -0.3 is 15.4 Å². The summed E-state index contributed by atoms with van der Waals surface area (Å²) in [6, 6.07) is 2.19. The molecule has 1 aliphatic carbocycles. The molecule has 1 amide bonds. The highest BCUT2D eigenvalue weighted by Gasteiger charge is 2.49. The van der Waals surface area contributed by atoms with Gasteiger partial charge in [-0.25, -0.2) is 8.78 Å². The summed E-state index contributed by atoms with van der Waals surface area (Å²) in [4.78, 5) is 12.7. The number of benzene rings is 1. The van der Waals surface area contributed by atoms with Crippen molar-refractivity contribution < 1.29 is 18.3 Å². The molecular formula is C16H21ClF2N2O2. The molecule has 2 fully saturated rings. The maximum absolute atomic E-state index is 13.7. The van der Waals surface area contributed by atoms with Gasteiger partial charge in [-0.2, -0.15) is 0 Å². The highest BCUT2D eigenvalue weighted by atomic mass is 35.5. The Labute approximate surface area is 140 Å². The highest BCUT2D eigenvalue weighted by molar-refractivity contribution is 5.96. The molecule has 1 aromatic carbocycles. The standard InChI is InChI=1S/C16H20F2N2O2.ClH/c1-22-14-12(17)6-11(7-13(14)18)20-15(21)16-5-3-2-4-10(16)8-19-9-16;/h6-7,10,19H,2-5,8-9H2,1H3,(H,20,21);1H/t10-,16+;/m0./s1. The van der Waals surface area contributed by atoms with Crippen molar-refractivity contribution in [1.82, 2.24) is 5.32 Å². The number of hydrogen-bond donors (Lipinski definition) is 2. The van der Waals surface area contributed by atoms with Crippen molar-refractivity contribution in [3.8, 4) is 5.75 Å². The molecule has 1 saturated carbocycles. The van der Waals surface area contributed by atoms with E-state index in [1.165, 1.54) is 7.11 Å². The molecule has 1 saturated heterocycles. The number of fused-ring (bicyclic) bond motifs is 1. The van der Waals surface area contributed by atoms with Gasteiger partial charge in [0.15, 0.2) is 17.4 Å². The fourth-order valence-corrected chi connectivity index (χ4v) is 3.77. The van der Waals surface area contributed by atoms with Crippen LogP contribution in [0.5, 0.6) is 5.75 Å². The highest BCUT2D eigenvalue weighted by Crippen LogP contribution is 2.44. The Bertz CT molecular complexity index is 576. The van der Waals surface area contributed by atoms with Gasteiger partial charge in [0.05, 0.1) is 12.5 Å². The molecule has 128 valence electrons. The Morgan fingerprint density at radius 1 is 1.35 bits per heavy atom. The minimum atomic E-state index is -0.819. The van der Waals surface area contributed by atoms with Gasteiger partial charge in [0.1, 0.15) is 0 Å². The Morgan fingerprint density at radius 3 is 2.70 bits per heavy atom. The average Bonchev–Trinajstić information content (AvgIpc) is 2.92. The smallest absolute Gasteiger partial charge is 0.232 e. The van der Waals surface area contributed by atoms with Gasteiger partial charge in [-0.1, -0.05) is 12.8 Å². The number of ether oxygens (including phenoxy) is 1. The number of hydrogen-bond acceptors (Lipinski definition) is 3. The predicted octanol–water partition coefficient (Wildman–Crippen LogP) is 3.11. The second kappa shape index (κ2) is 7.01. The summed E-state index contributed by atoms with van der Waals surface area (Å²) >= 11 is 0. The monoisotopic (exact) mass is 346 g/mol. The maximum Gasteiger partial charge on any atom is 0.232 e. The van der Waals surface area contributed by atoms with Crippen molar-refractivity contribution >= 4 is 24.0 Å². The zero-order valence-electron chi connectivity index (χ0n) is 13.0. The molecule has 23 heavy (non-hydrogen) atoms. The summed E-state index contributed by atoms with van der Waals surface area (Å²) < 4.78 is 32.1. The molecule has 7 heteroatoms.